The maximum atomic E-state index is 13.4. The van der Waals surface area contributed by atoms with E-state index in [1.807, 2.05) is 0 Å². The molecule has 1 aromatic heterocycles. The van der Waals surface area contributed by atoms with Crippen molar-refractivity contribution in [3.05, 3.63) is 51.0 Å². The molecule has 1 aliphatic heterocycles. The minimum atomic E-state index is -0.821. The van der Waals surface area contributed by atoms with E-state index >= 15 is 0 Å². The second-order valence-electron chi connectivity index (χ2n) is 7.80. The first-order valence-corrected chi connectivity index (χ1v) is 10.7. The first kappa shape index (κ1) is 21.8. The Hall–Kier alpha value is -2.42. The van der Waals surface area contributed by atoms with Gasteiger partial charge in [-0.25, -0.2) is 4.39 Å². The molecule has 2 heterocycles. The summed E-state index contributed by atoms with van der Waals surface area (Å²) < 4.78 is 15.0. The van der Waals surface area contributed by atoms with Gasteiger partial charge in [0.25, 0.3) is 17.6 Å². The lowest BCUT2D eigenvalue weighted by atomic mass is 9.89. The number of anilines is 1. The highest BCUT2D eigenvalue weighted by Crippen LogP contribution is 2.34. The largest absolute Gasteiger partial charge is 0.393 e. The highest BCUT2D eigenvalue weighted by molar-refractivity contribution is 6.48. The number of rotatable bonds is 5. The molecule has 31 heavy (non-hydrogen) atoms. The van der Waals surface area contributed by atoms with E-state index < -0.39 is 29.5 Å². The van der Waals surface area contributed by atoms with Gasteiger partial charge in [0.05, 0.1) is 21.7 Å². The molecule has 164 valence electrons. The van der Waals surface area contributed by atoms with Crippen LogP contribution in [0.15, 0.2) is 18.2 Å². The van der Waals surface area contributed by atoms with E-state index in [2.05, 4.69) is 10.6 Å². The molecule has 2 amide bonds. The number of benzene rings is 1. The van der Waals surface area contributed by atoms with Gasteiger partial charge in [-0.1, -0.05) is 23.2 Å². The van der Waals surface area contributed by atoms with Crippen molar-refractivity contribution in [3.63, 3.8) is 0 Å². The zero-order valence-corrected chi connectivity index (χ0v) is 17.9. The molecule has 7 nitrogen and oxygen atoms in total. The number of hydrogen-bond donors (Lipinski definition) is 3. The summed E-state index contributed by atoms with van der Waals surface area (Å²) in [7, 11) is 0. The van der Waals surface area contributed by atoms with E-state index in [1.54, 1.807) is 4.57 Å². The molecule has 0 unspecified atom stereocenters. The monoisotopic (exact) mass is 467 g/mol. The Balaban J connectivity index is 1.63. The lowest BCUT2D eigenvalue weighted by Gasteiger charge is -2.31. The van der Waals surface area contributed by atoms with Crippen LogP contribution >= 0.6 is 23.2 Å². The number of aliphatic hydroxyl groups is 1. The van der Waals surface area contributed by atoms with Gasteiger partial charge in [0.15, 0.2) is 0 Å². The molecule has 2 aromatic rings. The quantitative estimate of drug-likeness (QED) is 0.463. The number of carbonyl (C=O) groups excluding carboxylic acids is 3. The molecule has 1 saturated carbocycles. The summed E-state index contributed by atoms with van der Waals surface area (Å²) in [5.41, 5.74) is 0.961. The number of ketones is 1. The predicted molar refractivity (Wildman–Crippen MR) is 113 cm³/mol. The van der Waals surface area contributed by atoms with E-state index in [4.69, 9.17) is 23.2 Å². The molecule has 0 atom stereocenters. The third-order valence-corrected chi connectivity index (χ3v) is 6.29. The van der Waals surface area contributed by atoms with E-state index in [0.29, 0.717) is 31.5 Å². The van der Waals surface area contributed by atoms with Crippen LogP contribution in [-0.2, 0) is 17.8 Å². The lowest BCUT2D eigenvalue weighted by molar-refractivity contribution is -0.119. The number of Topliss-reactive ketones (excluding diaryl/α,β-unsaturated/α-hetero) is 1. The molecule has 1 aromatic carbocycles. The summed E-state index contributed by atoms with van der Waals surface area (Å²) in [6.07, 6.45) is 2.43. The predicted octanol–water partition coefficient (Wildman–Crippen LogP) is 3.34. The maximum absolute atomic E-state index is 13.4. The van der Waals surface area contributed by atoms with Crippen molar-refractivity contribution < 1.29 is 23.9 Å². The molecule has 10 heteroatoms. The van der Waals surface area contributed by atoms with Gasteiger partial charge in [0.1, 0.15) is 11.5 Å². The van der Waals surface area contributed by atoms with Crippen molar-refractivity contribution in [1.82, 2.24) is 9.88 Å². The highest BCUT2D eigenvalue weighted by atomic mass is 35.5. The van der Waals surface area contributed by atoms with Crippen LogP contribution in [0.1, 0.15) is 52.2 Å². The summed E-state index contributed by atoms with van der Waals surface area (Å²) in [5, 5.41) is 14.4. The number of nitrogens with one attached hydrogen (secondary N) is 2. The van der Waals surface area contributed by atoms with Crippen LogP contribution in [0.5, 0.6) is 0 Å². The maximum Gasteiger partial charge on any atom is 0.294 e. The van der Waals surface area contributed by atoms with Gasteiger partial charge < -0.3 is 20.3 Å². The minimum absolute atomic E-state index is 0.0176. The lowest BCUT2D eigenvalue weighted by Crippen LogP contribution is -2.49. The number of aromatic nitrogens is 1. The number of hydrogen-bond acceptors (Lipinski definition) is 4. The molecular weight excluding hydrogens is 448 g/mol. The molecule has 2 aliphatic rings. The molecule has 3 N–H and O–H groups in total. The van der Waals surface area contributed by atoms with Crippen LogP contribution in [0, 0.1) is 5.82 Å². The van der Waals surface area contributed by atoms with Gasteiger partial charge in [-0.15, -0.1) is 0 Å². The van der Waals surface area contributed by atoms with Crippen LogP contribution in [0.4, 0.5) is 10.1 Å². The molecule has 1 aliphatic carbocycles. The smallest absolute Gasteiger partial charge is 0.294 e. The third kappa shape index (κ3) is 4.20. The molecule has 1 fully saturated rings. The Morgan fingerprint density at radius 1 is 1.16 bits per heavy atom. The molecule has 4 rings (SSSR count). The fraction of sp³-hybridized carbons (Fsp3) is 0.381. The van der Waals surface area contributed by atoms with E-state index in [0.717, 1.165) is 18.9 Å². The fourth-order valence-electron chi connectivity index (χ4n) is 3.99. The summed E-state index contributed by atoms with van der Waals surface area (Å²) >= 11 is 12.3. The van der Waals surface area contributed by atoms with Crippen LogP contribution in [-0.4, -0.2) is 39.4 Å². The first-order chi connectivity index (χ1) is 14.8. The number of carbonyl (C=O) groups is 3. The van der Waals surface area contributed by atoms with Gasteiger partial charge in [-0.05, 0) is 50.3 Å². The second-order valence-corrected chi connectivity index (χ2v) is 8.59. The van der Waals surface area contributed by atoms with Crippen LogP contribution in [0.3, 0.4) is 0 Å². The zero-order chi connectivity index (χ0) is 22.3. The average Bonchev–Trinajstić information content (AvgIpc) is 3.00. The van der Waals surface area contributed by atoms with E-state index in [9.17, 15) is 23.9 Å². The minimum Gasteiger partial charge on any atom is -0.393 e. The number of fused-ring (bicyclic) bond motifs is 1. The Labute approximate surface area is 187 Å². The van der Waals surface area contributed by atoms with E-state index in [-0.39, 0.29) is 33.0 Å². The van der Waals surface area contributed by atoms with Crippen molar-refractivity contribution in [2.75, 3.05) is 5.32 Å². The fourth-order valence-corrected chi connectivity index (χ4v) is 4.55. The van der Waals surface area contributed by atoms with Crippen molar-refractivity contribution >= 4 is 46.5 Å². The standard InChI is InChI=1S/C21H20Cl2FN3O4/c22-13-9-10(4-5-14(13)24)25-20(30)16-15-3-1-2-6-27(15)18(17(16)23)19(29)21(31)26-11-7-12(28)8-11/h4-5,9,11-12,28H,1-3,6-8H2,(H,25,30)(H,26,31). The summed E-state index contributed by atoms with van der Waals surface area (Å²) in [6, 6.07) is 3.51. The van der Waals surface area contributed by atoms with Crippen molar-refractivity contribution in [1.29, 1.82) is 0 Å². The second kappa shape index (κ2) is 8.61. The van der Waals surface area contributed by atoms with Gasteiger partial charge in [0.2, 0.25) is 0 Å². The first-order valence-electron chi connectivity index (χ1n) is 9.96. The topological polar surface area (TPSA) is 100 Å². The van der Waals surface area contributed by atoms with Crippen LogP contribution < -0.4 is 10.6 Å². The SMILES string of the molecule is O=C(NC1CC(O)C1)C(=O)c1c(Cl)c(C(=O)Nc2ccc(F)c(Cl)c2)c2n1CCCC2. The molecule has 0 spiro atoms. The van der Waals surface area contributed by atoms with Crippen molar-refractivity contribution in [2.24, 2.45) is 0 Å². The summed E-state index contributed by atoms with van der Waals surface area (Å²) in [4.78, 5) is 38.4. The zero-order valence-electron chi connectivity index (χ0n) is 16.4. The molecule has 0 bridgehead atoms. The highest BCUT2D eigenvalue weighted by Gasteiger charge is 2.36. The van der Waals surface area contributed by atoms with Crippen LogP contribution in [0.25, 0.3) is 0 Å². The number of aliphatic hydroxyl groups excluding tert-OH is 1. The molecular formula is C21H20Cl2FN3O4. The molecule has 0 radical (unpaired) electrons. The van der Waals surface area contributed by atoms with Crippen molar-refractivity contribution in [3.8, 4) is 0 Å². The average molecular weight is 468 g/mol. The van der Waals surface area contributed by atoms with Gasteiger partial charge in [-0.2, -0.15) is 0 Å². The Kier molecular flexibility index (Phi) is 6.05. The summed E-state index contributed by atoms with van der Waals surface area (Å²) in [5.74, 6) is -2.82. The Bertz CT molecular complexity index is 1080. The van der Waals surface area contributed by atoms with Gasteiger partial charge in [-0.3, -0.25) is 14.4 Å². The summed E-state index contributed by atoms with van der Waals surface area (Å²) in [6.45, 7) is 0.460. The number of amides is 2. The van der Waals surface area contributed by atoms with Crippen LogP contribution in [0.2, 0.25) is 10.0 Å². The number of nitrogens with zero attached hydrogens (tertiary/aromatic N) is 1. The third-order valence-electron chi connectivity index (χ3n) is 5.63. The normalized spacial score (nSPS) is 19.9. The van der Waals surface area contributed by atoms with E-state index in [1.165, 1.54) is 12.1 Å². The van der Waals surface area contributed by atoms with Crippen molar-refractivity contribution in [2.45, 2.75) is 50.8 Å². The Morgan fingerprint density at radius 2 is 1.90 bits per heavy atom. The molecule has 0 saturated heterocycles. The number of halogens is 3. The Morgan fingerprint density at radius 3 is 2.58 bits per heavy atom. The van der Waals surface area contributed by atoms with Gasteiger partial charge in [0, 0.05) is 24.0 Å². The van der Waals surface area contributed by atoms with Gasteiger partial charge >= 0.3 is 0 Å².